The summed E-state index contributed by atoms with van der Waals surface area (Å²) in [5.41, 5.74) is 1.39. The zero-order chi connectivity index (χ0) is 20.9. The van der Waals surface area contributed by atoms with Crippen molar-refractivity contribution in [3.63, 3.8) is 0 Å². The van der Waals surface area contributed by atoms with E-state index in [-0.39, 0.29) is 16.2 Å². The van der Waals surface area contributed by atoms with Crippen molar-refractivity contribution in [1.82, 2.24) is 4.98 Å². The van der Waals surface area contributed by atoms with Crippen LogP contribution >= 0.6 is 27.3 Å². The van der Waals surface area contributed by atoms with Gasteiger partial charge in [-0.2, -0.15) is 0 Å². The highest BCUT2D eigenvalue weighted by molar-refractivity contribution is 9.10. The summed E-state index contributed by atoms with van der Waals surface area (Å²) in [5.74, 6) is 0.644. The lowest BCUT2D eigenvalue weighted by molar-refractivity contribution is -0.175. The molecule has 0 aliphatic heterocycles. The Bertz CT molecular complexity index is 962. The molecule has 3 unspecified atom stereocenters. The van der Waals surface area contributed by atoms with Crippen molar-refractivity contribution in [2.75, 3.05) is 5.32 Å². The van der Waals surface area contributed by atoms with Gasteiger partial charge < -0.3 is 4.74 Å². The largest absolute Gasteiger partial charge is 0.452 e. The van der Waals surface area contributed by atoms with Gasteiger partial charge in [-0.1, -0.05) is 46.3 Å². The lowest BCUT2D eigenvalue weighted by Gasteiger charge is -2.58. The Morgan fingerprint density at radius 2 is 1.90 bits per heavy atom. The van der Waals surface area contributed by atoms with E-state index in [1.54, 1.807) is 6.92 Å². The van der Waals surface area contributed by atoms with Gasteiger partial charge in [0.1, 0.15) is 0 Å². The molecule has 1 amide bonds. The van der Waals surface area contributed by atoms with Gasteiger partial charge in [-0.05, 0) is 57.3 Å². The van der Waals surface area contributed by atoms with Crippen molar-refractivity contribution in [2.45, 2.75) is 55.9 Å². The summed E-state index contributed by atoms with van der Waals surface area (Å²) in [4.78, 5) is 30.3. The highest BCUT2D eigenvalue weighted by atomic mass is 79.9. The molecule has 4 aliphatic carbocycles. The predicted octanol–water partition coefficient (Wildman–Crippen LogP) is 5.41. The van der Waals surface area contributed by atoms with Crippen LogP contribution in [-0.2, 0) is 14.3 Å². The van der Waals surface area contributed by atoms with Crippen molar-refractivity contribution in [3.05, 3.63) is 35.7 Å². The molecule has 1 aromatic heterocycles. The third kappa shape index (κ3) is 3.71. The summed E-state index contributed by atoms with van der Waals surface area (Å²) >= 11 is 5.29. The first-order valence-corrected chi connectivity index (χ1v) is 12.2. The topological polar surface area (TPSA) is 68.3 Å². The number of carbonyl (C=O) groups is 2. The van der Waals surface area contributed by atoms with Gasteiger partial charge in [0, 0.05) is 15.3 Å². The maximum Gasteiger partial charge on any atom is 0.312 e. The molecule has 1 aromatic carbocycles. The highest BCUT2D eigenvalue weighted by Gasteiger charge is 2.60. The smallest absolute Gasteiger partial charge is 0.312 e. The van der Waals surface area contributed by atoms with Crippen molar-refractivity contribution >= 4 is 44.3 Å². The van der Waals surface area contributed by atoms with Crippen LogP contribution in [0.3, 0.4) is 0 Å². The molecule has 3 atom stereocenters. The minimum atomic E-state index is -0.846. The number of benzene rings is 1. The summed E-state index contributed by atoms with van der Waals surface area (Å²) in [6, 6.07) is 9.82. The number of thiazole rings is 1. The zero-order valence-corrected chi connectivity index (χ0v) is 19.3. The number of hydrogen-bond acceptors (Lipinski definition) is 5. The molecule has 5 nitrogen and oxygen atoms in total. The summed E-state index contributed by atoms with van der Waals surface area (Å²) < 4.78 is 5.79. The SMILES string of the molecule is CC(OC(=O)C12CC3CC(CC(Br)(C3)C1)C2)C(=O)Nc1nc(-c2ccccc2)cs1. The Morgan fingerprint density at radius 3 is 2.57 bits per heavy atom. The molecular formula is C23H25BrN2O3S. The van der Waals surface area contributed by atoms with E-state index in [9.17, 15) is 9.59 Å². The molecule has 4 aliphatic rings. The number of amides is 1. The van der Waals surface area contributed by atoms with E-state index in [1.165, 1.54) is 17.8 Å². The van der Waals surface area contributed by atoms with Crippen molar-refractivity contribution in [2.24, 2.45) is 17.3 Å². The van der Waals surface area contributed by atoms with Crippen LogP contribution in [0.1, 0.15) is 45.4 Å². The first-order valence-electron chi connectivity index (χ1n) is 10.6. The van der Waals surface area contributed by atoms with Gasteiger partial charge in [-0.25, -0.2) is 4.98 Å². The first kappa shape index (κ1) is 20.2. The van der Waals surface area contributed by atoms with Gasteiger partial charge >= 0.3 is 5.97 Å². The molecule has 1 N–H and O–H groups in total. The van der Waals surface area contributed by atoms with Gasteiger partial charge in [-0.15, -0.1) is 11.3 Å². The molecule has 0 spiro atoms. The number of ether oxygens (including phenoxy) is 1. The maximum absolute atomic E-state index is 13.2. The minimum absolute atomic E-state index is 0.0797. The van der Waals surface area contributed by atoms with Crippen LogP contribution in [0.4, 0.5) is 5.13 Å². The molecule has 158 valence electrons. The van der Waals surface area contributed by atoms with Gasteiger partial charge in [0.2, 0.25) is 0 Å². The fourth-order valence-corrected chi connectivity index (χ4v) is 8.18. The zero-order valence-electron chi connectivity index (χ0n) is 16.9. The molecular weight excluding hydrogens is 464 g/mol. The van der Waals surface area contributed by atoms with Crippen LogP contribution in [0.2, 0.25) is 0 Å². The third-order valence-electron chi connectivity index (χ3n) is 6.88. The summed E-state index contributed by atoms with van der Waals surface area (Å²) in [6.45, 7) is 1.64. The van der Waals surface area contributed by atoms with Crippen LogP contribution in [0.15, 0.2) is 35.7 Å². The Labute approximate surface area is 188 Å². The normalized spacial score (nSPS) is 32.6. The maximum atomic E-state index is 13.2. The van der Waals surface area contributed by atoms with Crippen molar-refractivity contribution in [1.29, 1.82) is 0 Å². The second-order valence-corrected chi connectivity index (χ2v) is 11.9. The second-order valence-electron chi connectivity index (χ2n) is 9.33. The van der Waals surface area contributed by atoms with E-state index in [4.69, 9.17) is 4.74 Å². The number of esters is 1. The Morgan fingerprint density at radius 1 is 1.20 bits per heavy atom. The van der Waals surface area contributed by atoms with Crippen LogP contribution in [0, 0.1) is 17.3 Å². The average molecular weight is 489 g/mol. The Hall–Kier alpha value is -1.73. The van der Waals surface area contributed by atoms with E-state index in [0.717, 1.165) is 43.4 Å². The standard InChI is InChI=1S/C23H25BrN2O3S/c1-14(19(27)26-21-25-18(12-30-21)17-5-3-2-4-6-17)29-20(28)22-8-15-7-16(9-22)11-23(24,10-15)13-22/h2-6,12,14-16H,7-11,13H2,1H3,(H,25,26,27). The number of nitrogens with zero attached hydrogens (tertiary/aromatic N) is 1. The van der Waals surface area contributed by atoms with E-state index in [0.29, 0.717) is 17.0 Å². The van der Waals surface area contributed by atoms with E-state index in [1.807, 2.05) is 35.7 Å². The highest BCUT2D eigenvalue weighted by Crippen LogP contribution is 2.64. The van der Waals surface area contributed by atoms with Crippen molar-refractivity contribution in [3.8, 4) is 11.3 Å². The number of hydrogen-bond donors (Lipinski definition) is 1. The third-order valence-corrected chi connectivity index (χ3v) is 8.57. The number of anilines is 1. The lowest BCUT2D eigenvalue weighted by atomic mass is 9.49. The van der Waals surface area contributed by atoms with Crippen LogP contribution in [0.25, 0.3) is 11.3 Å². The second kappa shape index (κ2) is 7.45. The van der Waals surface area contributed by atoms with E-state index >= 15 is 0 Å². The molecule has 7 heteroatoms. The number of alkyl halides is 1. The minimum Gasteiger partial charge on any atom is -0.452 e. The van der Waals surface area contributed by atoms with Crippen LogP contribution < -0.4 is 5.32 Å². The fourth-order valence-electron chi connectivity index (χ4n) is 6.01. The summed E-state index contributed by atoms with van der Waals surface area (Å²) in [7, 11) is 0. The summed E-state index contributed by atoms with van der Waals surface area (Å²) in [5, 5.41) is 5.22. The average Bonchev–Trinajstić information content (AvgIpc) is 3.15. The fraction of sp³-hybridized carbons (Fsp3) is 0.522. The molecule has 6 rings (SSSR count). The lowest BCUT2D eigenvalue weighted by Crippen LogP contribution is -2.56. The quantitative estimate of drug-likeness (QED) is 0.450. The number of halogens is 1. The molecule has 4 saturated carbocycles. The molecule has 30 heavy (non-hydrogen) atoms. The predicted molar refractivity (Wildman–Crippen MR) is 121 cm³/mol. The van der Waals surface area contributed by atoms with Crippen LogP contribution in [-0.4, -0.2) is 27.3 Å². The van der Waals surface area contributed by atoms with E-state index < -0.39 is 11.5 Å². The van der Waals surface area contributed by atoms with Gasteiger partial charge in [0.05, 0.1) is 11.1 Å². The van der Waals surface area contributed by atoms with Gasteiger partial charge in [0.15, 0.2) is 11.2 Å². The Kier molecular flexibility index (Phi) is 5.01. The number of nitrogens with one attached hydrogen (secondary N) is 1. The molecule has 4 bridgehead atoms. The van der Waals surface area contributed by atoms with E-state index in [2.05, 4.69) is 26.2 Å². The molecule has 2 aromatic rings. The molecule has 0 radical (unpaired) electrons. The van der Waals surface area contributed by atoms with Crippen LogP contribution in [0.5, 0.6) is 0 Å². The van der Waals surface area contributed by atoms with Gasteiger partial charge in [-0.3, -0.25) is 14.9 Å². The molecule has 0 saturated heterocycles. The summed E-state index contributed by atoms with van der Waals surface area (Å²) in [6.07, 6.45) is 5.32. The van der Waals surface area contributed by atoms with Gasteiger partial charge in [0.25, 0.3) is 5.91 Å². The number of rotatable bonds is 5. The first-order chi connectivity index (χ1) is 14.3. The Balaban J connectivity index is 1.23. The number of carbonyl (C=O) groups excluding carboxylic acids is 2. The number of aromatic nitrogens is 1. The monoisotopic (exact) mass is 488 g/mol. The molecule has 4 fully saturated rings. The molecule has 1 heterocycles. The van der Waals surface area contributed by atoms with Crippen molar-refractivity contribution < 1.29 is 14.3 Å².